The Hall–Kier alpha value is -4.98. The van der Waals surface area contributed by atoms with Crippen LogP contribution in [0.4, 0.5) is 11.6 Å². The normalized spacial score (nSPS) is 14.9. The lowest BCUT2D eigenvalue weighted by Gasteiger charge is -2.12. The second-order valence-corrected chi connectivity index (χ2v) is 8.29. The van der Waals surface area contributed by atoms with E-state index in [-0.39, 0.29) is 23.6 Å². The largest absolute Gasteiger partial charge is 0.380 e. The summed E-state index contributed by atoms with van der Waals surface area (Å²) < 4.78 is 1.55. The van der Waals surface area contributed by atoms with Gasteiger partial charge in [0.05, 0.1) is 16.8 Å². The Morgan fingerprint density at radius 1 is 1.19 bits per heavy atom. The molecule has 11 nitrogen and oxygen atoms in total. The van der Waals surface area contributed by atoms with Crippen molar-refractivity contribution in [1.82, 2.24) is 29.9 Å². The van der Waals surface area contributed by atoms with Gasteiger partial charge in [0, 0.05) is 30.8 Å². The number of amides is 2. The van der Waals surface area contributed by atoms with Crippen molar-refractivity contribution < 1.29 is 9.59 Å². The molecule has 1 aliphatic rings. The van der Waals surface area contributed by atoms with Gasteiger partial charge in [-0.1, -0.05) is 12.0 Å². The Kier molecular flexibility index (Phi) is 5.92. The minimum Gasteiger partial charge on any atom is -0.380 e. The molecule has 1 aliphatic heterocycles. The van der Waals surface area contributed by atoms with E-state index in [4.69, 9.17) is 10.8 Å². The average molecular weight is 483 g/mol. The van der Waals surface area contributed by atoms with Gasteiger partial charge in [0.25, 0.3) is 17.4 Å². The van der Waals surface area contributed by atoms with Crippen molar-refractivity contribution in [2.24, 2.45) is 0 Å². The maximum absolute atomic E-state index is 12.8. The molecule has 2 amide bonds. The first kappa shape index (κ1) is 22.8. The maximum atomic E-state index is 12.8. The fourth-order valence-electron chi connectivity index (χ4n) is 4.32. The summed E-state index contributed by atoms with van der Waals surface area (Å²) >= 11 is 0. The molecule has 0 spiro atoms. The topological polar surface area (TPSA) is 152 Å². The van der Waals surface area contributed by atoms with Gasteiger partial charge >= 0.3 is 0 Å². The summed E-state index contributed by atoms with van der Waals surface area (Å²) in [6.07, 6.45) is 2.23. The number of hydrogen-bond donors (Lipinski definition) is 3. The van der Waals surface area contributed by atoms with Crippen molar-refractivity contribution >= 4 is 34.4 Å². The predicted molar refractivity (Wildman–Crippen MR) is 133 cm³/mol. The summed E-state index contributed by atoms with van der Waals surface area (Å²) in [5.74, 6) is 5.01. The minimum atomic E-state index is -0.412. The number of aromatic nitrogens is 5. The number of nitrogen functional groups attached to an aromatic ring is 1. The molecule has 11 heteroatoms. The van der Waals surface area contributed by atoms with Crippen LogP contribution < -0.4 is 16.6 Å². The Bertz CT molecular complexity index is 1580. The first-order valence-corrected chi connectivity index (χ1v) is 11.3. The summed E-state index contributed by atoms with van der Waals surface area (Å²) in [5, 5.41) is 14.2. The number of rotatable bonds is 4. The highest BCUT2D eigenvalue weighted by Crippen LogP contribution is 2.33. The number of carbonyl (C=O) groups excluding carboxylic acids is 2. The van der Waals surface area contributed by atoms with E-state index in [1.165, 1.54) is 0 Å². The van der Waals surface area contributed by atoms with Crippen LogP contribution in [0.15, 0.2) is 53.5 Å². The number of nitrogens with two attached hydrogens (primary N) is 1. The molecule has 36 heavy (non-hydrogen) atoms. The van der Waals surface area contributed by atoms with E-state index < -0.39 is 5.56 Å². The van der Waals surface area contributed by atoms with Gasteiger partial charge in [0.1, 0.15) is 11.3 Å². The van der Waals surface area contributed by atoms with Gasteiger partial charge in [-0.2, -0.15) is 10.2 Å². The smallest absolute Gasteiger partial charge is 0.298 e. The third-order valence-corrected chi connectivity index (χ3v) is 6.03. The Morgan fingerprint density at radius 2 is 2.00 bits per heavy atom. The monoisotopic (exact) mass is 482 g/mol. The number of likely N-dealkylation sites (tertiary alicyclic amines) is 1. The van der Waals surface area contributed by atoms with Crippen LogP contribution in [-0.2, 0) is 4.79 Å². The van der Waals surface area contributed by atoms with Crippen molar-refractivity contribution in [3.8, 4) is 17.5 Å². The molecule has 0 bridgehead atoms. The molecule has 4 aromatic rings. The number of aromatic amines is 1. The number of pyridine rings is 1. The lowest BCUT2D eigenvalue weighted by Crippen LogP contribution is -2.27. The summed E-state index contributed by atoms with van der Waals surface area (Å²) in [6, 6.07) is 12.0. The molecule has 0 saturated carbocycles. The van der Waals surface area contributed by atoms with Crippen molar-refractivity contribution in [2.75, 3.05) is 24.1 Å². The van der Waals surface area contributed by atoms with E-state index in [2.05, 4.69) is 32.3 Å². The summed E-state index contributed by atoms with van der Waals surface area (Å²) in [6.45, 7) is 2.53. The van der Waals surface area contributed by atoms with Crippen molar-refractivity contribution in [1.29, 1.82) is 0 Å². The highest BCUT2D eigenvalue weighted by molar-refractivity contribution is 6.04. The van der Waals surface area contributed by atoms with Crippen LogP contribution >= 0.6 is 0 Å². The highest BCUT2D eigenvalue weighted by atomic mass is 16.2. The molecule has 1 unspecified atom stereocenters. The third kappa shape index (κ3) is 4.16. The van der Waals surface area contributed by atoms with E-state index in [9.17, 15) is 14.4 Å². The lowest BCUT2D eigenvalue weighted by atomic mass is 10.0. The number of fused-ring (bicyclic) bond motifs is 1. The van der Waals surface area contributed by atoms with E-state index in [1.807, 2.05) is 0 Å². The first-order valence-electron chi connectivity index (χ1n) is 11.3. The van der Waals surface area contributed by atoms with Crippen molar-refractivity contribution in [2.45, 2.75) is 19.3 Å². The van der Waals surface area contributed by atoms with Gasteiger partial charge in [-0.05, 0) is 55.7 Å². The Balaban J connectivity index is 1.49. The van der Waals surface area contributed by atoms with E-state index in [0.29, 0.717) is 53.2 Å². The third-order valence-electron chi connectivity index (χ3n) is 6.03. The fourth-order valence-corrected chi connectivity index (χ4v) is 4.32. The number of nitrogens with zero attached hydrogens (tertiary/aromatic N) is 5. The molecule has 0 radical (unpaired) electrons. The number of nitrogens with one attached hydrogen (secondary N) is 2. The summed E-state index contributed by atoms with van der Waals surface area (Å²) in [7, 11) is 0. The molecular formula is C25H22N8O3. The molecule has 5 rings (SSSR count). The average Bonchev–Trinajstić information content (AvgIpc) is 3.53. The van der Waals surface area contributed by atoms with Gasteiger partial charge in [0.15, 0.2) is 5.82 Å². The molecule has 1 saturated heterocycles. The van der Waals surface area contributed by atoms with E-state index in [1.54, 1.807) is 65.2 Å². The van der Waals surface area contributed by atoms with Gasteiger partial charge in [-0.25, -0.2) is 14.8 Å². The zero-order valence-corrected chi connectivity index (χ0v) is 19.4. The molecule has 4 heterocycles. The summed E-state index contributed by atoms with van der Waals surface area (Å²) in [4.78, 5) is 43.4. The quantitative estimate of drug-likeness (QED) is 0.374. The second kappa shape index (κ2) is 9.34. The van der Waals surface area contributed by atoms with Gasteiger partial charge in [0.2, 0.25) is 0 Å². The fraction of sp³-hybridized carbons (Fsp3) is 0.200. The van der Waals surface area contributed by atoms with Crippen molar-refractivity contribution in [3.05, 3.63) is 70.3 Å². The van der Waals surface area contributed by atoms with Crippen LogP contribution in [0.25, 0.3) is 16.6 Å². The minimum absolute atomic E-state index is 0.114. The molecule has 1 atom stereocenters. The Labute approximate surface area is 205 Å². The van der Waals surface area contributed by atoms with Crippen LogP contribution in [0.2, 0.25) is 0 Å². The lowest BCUT2D eigenvalue weighted by molar-refractivity contribution is -0.124. The molecule has 1 aromatic carbocycles. The van der Waals surface area contributed by atoms with Gasteiger partial charge in [-0.15, -0.1) is 0 Å². The number of carbonyl (C=O) groups is 2. The zero-order valence-electron chi connectivity index (χ0n) is 19.4. The van der Waals surface area contributed by atoms with Crippen LogP contribution in [0.3, 0.4) is 0 Å². The number of anilines is 2. The highest BCUT2D eigenvalue weighted by Gasteiger charge is 2.32. The number of benzene rings is 1. The van der Waals surface area contributed by atoms with Crippen LogP contribution in [0.5, 0.6) is 0 Å². The molecular weight excluding hydrogens is 460 g/mol. The summed E-state index contributed by atoms with van der Waals surface area (Å²) in [5.41, 5.74) is 7.68. The molecule has 3 aromatic heterocycles. The zero-order chi connectivity index (χ0) is 25.2. The van der Waals surface area contributed by atoms with Crippen LogP contribution in [0, 0.1) is 11.8 Å². The Morgan fingerprint density at radius 3 is 2.72 bits per heavy atom. The predicted octanol–water partition coefficient (Wildman–Crippen LogP) is 1.68. The molecule has 180 valence electrons. The standard InChI is InChI=1S/C25H22N8O3/c1-2-5-19(34)32-13-11-16(14-32)21-20-22(23(26)29-30-25(20)36)33(31-21)17-9-7-15(8-10-17)24(35)28-18-6-3-4-12-27-18/h3-4,6-10,12,16H,11,13-14H2,1H3,(H2,26,29)(H,30,36)(H,27,28,35). The molecule has 0 aliphatic carbocycles. The van der Waals surface area contributed by atoms with Crippen LogP contribution in [-0.4, -0.2) is 54.8 Å². The van der Waals surface area contributed by atoms with Gasteiger partial charge < -0.3 is 16.0 Å². The second-order valence-electron chi connectivity index (χ2n) is 8.29. The van der Waals surface area contributed by atoms with Crippen LogP contribution in [0.1, 0.15) is 35.3 Å². The van der Waals surface area contributed by atoms with Gasteiger partial charge in [-0.3, -0.25) is 14.4 Å². The van der Waals surface area contributed by atoms with E-state index >= 15 is 0 Å². The van der Waals surface area contributed by atoms with Crippen molar-refractivity contribution in [3.63, 3.8) is 0 Å². The first-order chi connectivity index (χ1) is 17.5. The SMILES string of the molecule is CC#CC(=O)N1CCC(c2nn(-c3ccc(C(=O)Nc4ccccn4)cc3)c3c(N)n[nH]c(=O)c23)C1. The number of H-pyrrole nitrogens is 1. The maximum Gasteiger partial charge on any atom is 0.298 e. The molecule has 4 N–H and O–H groups in total. The molecule has 1 fully saturated rings. The van der Waals surface area contributed by atoms with E-state index in [0.717, 1.165) is 0 Å². The number of hydrogen-bond acceptors (Lipinski definition) is 7.